The van der Waals surface area contributed by atoms with E-state index in [0.29, 0.717) is 11.3 Å². The quantitative estimate of drug-likeness (QED) is 0.434. The van der Waals surface area contributed by atoms with Crippen molar-refractivity contribution in [3.05, 3.63) is 83.2 Å². The zero-order valence-corrected chi connectivity index (χ0v) is 18.1. The molecule has 0 bridgehead atoms. The SMILES string of the molecule is CCCCCCNN1C(C)=C(OC(=O)c2ccccc2)C(C)=NC1c1ccccc1. The van der Waals surface area contributed by atoms with Gasteiger partial charge in [0.2, 0.25) is 0 Å². The highest BCUT2D eigenvalue weighted by molar-refractivity contribution is 6.01. The van der Waals surface area contributed by atoms with Gasteiger partial charge in [-0.15, -0.1) is 0 Å². The zero-order valence-electron chi connectivity index (χ0n) is 18.1. The maximum atomic E-state index is 12.6. The van der Waals surface area contributed by atoms with Crippen LogP contribution in [-0.4, -0.2) is 23.2 Å². The van der Waals surface area contributed by atoms with E-state index in [1.165, 1.54) is 19.3 Å². The van der Waals surface area contributed by atoms with Crippen LogP contribution in [0.2, 0.25) is 0 Å². The molecular formula is C25H31N3O2. The Labute approximate surface area is 179 Å². The molecule has 1 atom stereocenters. The average molecular weight is 406 g/mol. The molecule has 0 amide bonds. The van der Waals surface area contributed by atoms with Crippen molar-refractivity contribution in [2.24, 2.45) is 4.99 Å². The molecule has 1 aliphatic heterocycles. The van der Waals surface area contributed by atoms with Gasteiger partial charge >= 0.3 is 5.97 Å². The number of aliphatic imine (C=N–C) groups is 1. The summed E-state index contributed by atoms with van der Waals surface area (Å²) in [4.78, 5) is 17.5. The van der Waals surface area contributed by atoms with E-state index >= 15 is 0 Å². The van der Waals surface area contributed by atoms with Crippen LogP contribution in [0.15, 0.2) is 77.1 Å². The third-order valence-electron chi connectivity index (χ3n) is 5.19. The number of hydrogen-bond donors (Lipinski definition) is 1. The average Bonchev–Trinajstić information content (AvgIpc) is 2.78. The number of hydrazine groups is 1. The van der Waals surface area contributed by atoms with Gasteiger partial charge in [-0.2, -0.15) is 0 Å². The molecule has 5 nitrogen and oxygen atoms in total. The van der Waals surface area contributed by atoms with E-state index in [0.717, 1.165) is 29.9 Å². The maximum Gasteiger partial charge on any atom is 0.343 e. The number of rotatable bonds is 9. The Bertz CT molecular complexity index is 891. The largest absolute Gasteiger partial charge is 0.419 e. The highest BCUT2D eigenvalue weighted by Gasteiger charge is 2.30. The maximum absolute atomic E-state index is 12.6. The Morgan fingerprint density at radius 3 is 2.33 bits per heavy atom. The number of benzene rings is 2. The summed E-state index contributed by atoms with van der Waals surface area (Å²) in [6.45, 7) is 6.92. The van der Waals surface area contributed by atoms with E-state index in [2.05, 4.69) is 24.5 Å². The number of unbranched alkanes of at least 4 members (excludes halogenated alkanes) is 3. The lowest BCUT2D eigenvalue weighted by Crippen LogP contribution is -2.43. The van der Waals surface area contributed by atoms with Gasteiger partial charge in [0, 0.05) is 6.54 Å². The summed E-state index contributed by atoms with van der Waals surface area (Å²) in [6, 6.07) is 19.2. The lowest BCUT2D eigenvalue weighted by Gasteiger charge is -2.36. The van der Waals surface area contributed by atoms with E-state index in [-0.39, 0.29) is 12.1 Å². The van der Waals surface area contributed by atoms with Crippen LogP contribution in [0.4, 0.5) is 0 Å². The van der Waals surface area contributed by atoms with Gasteiger partial charge in [-0.05, 0) is 38.0 Å². The molecule has 0 saturated carbocycles. The highest BCUT2D eigenvalue weighted by Crippen LogP contribution is 2.31. The first-order valence-corrected chi connectivity index (χ1v) is 10.7. The number of allylic oxidation sites excluding steroid dienone is 2. The summed E-state index contributed by atoms with van der Waals surface area (Å²) < 4.78 is 5.79. The van der Waals surface area contributed by atoms with Crippen LogP contribution in [0.5, 0.6) is 0 Å². The van der Waals surface area contributed by atoms with Gasteiger partial charge < -0.3 is 4.74 Å². The van der Waals surface area contributed by atoms with Gasteiger partial charge in [0.15, 0.2) is 11.9 Å². The Kier molecular flexibility index (Phi) is 7.80. The fourth-order valence-corrected chi connectivity index (χ4v) is 3.53. The van der Waals surface area contributed by atoms with E-state index in [9.17, 15) is 4.79 Å². The first kappa shape index (κ1) is 21.8. The Morgan fingerprint density at radius 2 is 1.67 bits per heavy atom. The molecule has 0 aliphatic carbocycles. The van der Waals surface area contributed by atoms with Crippen LogP contribution in [0.25, 0.3) is 0 Å². The smallest absolute Gasteiger partial charge is 0.343 e. The lowest BCUT2D eigenvalue weighted by molar-refractivity contribution is 0.0613. The van der Waals surface area contributed by atoms with Gasteiger partial charge in [-0.3, -0.25) is 10.0 Å². The monoisotopic (exact) mass is 405 g/mol. The van der Waals surface area contributed by atoms with Crippen LogP contribution < -0.4 is 5.43 Å². The van der Waals surface area contributed by atoms with Crippen molar-refractivity contribution in [2.45, 2.75) is 52.6 Å². The predicted octanol–water partition coefficient (Wildman–Crippen LogP) is 5.64. The molecular weight excluding hydrogens is 374 g/mol. The molecule has 0 aromatic heterocycles. The normalized spacial score (nSPS) is 16.4. The van der Waals surface area contributed by atoms with Crippen LogP contribution in [-0.2, 0) is 4.74 Å². The number of nitrogens with zero attached hydrogens (tertiary/aromatic N) is 2. The number of nitrogens with one attached hydrogen (secondary N) is 1. The molecule has 2 aromatic carbocycles. The standard InChI is InChI=1S/C25H31N3O2/c1-4-5-6-13-18-26-28-20(3)23(30-25(29)22-16-11-8-12-17-22)19(2)27-24(28)21-14-9-7-10-15-21/h7-12,14-17,24,26H,4-6,13,18H2,1-3H3. The van der Waals surface area contributed by atoms with Gasteiger partial charge in [-0.1, -0.05) is 74.7 Å². The van der Waals surface area contributed by atoms with Gasteiger partial charge in [-0.25, -0.2) is 10.2 Å². The molecule has 1 aliphatic rings. The number of ether oxygens (including phenoxy) is 1. The molecule has 158 valence electrons. The minimum absolute atomic E-state index is 0.198. The van der Waals surface area contributed by atoms with Crippen molar-refractivity contribution in [1.82, 2.24) is 10.4 Å². The Hall–Kier alpha value is -2.92. The summed E-state index contributed by atoms with van der Waals surface area (Å²) in [5.41, 5.74) is 6.71. The first-order chi connectivity index (χ1) is 14.6. The summed E-state index contributed by atoms with van der Waals surface area (Å²) in [7, 11) is 0. The summed E-state index contributed by atoms with van der Waals surface area (Å²) in [6.07, 6.45) is 4.51. The minimum Gasteiger partial charge on any atom is -0.419 e. The molecule has 0 radical (unpaired) electrons. The van der Waals surface area contributed by atoms with E-state index in [1.54, 1.807) is 12.1 Å². The van der Waals surface area contributed by atoms with Gasteiger partial charge in [0.1, 0.15) is 0 Å². The van der Waals surface area contributed by atoms with Crippen molar-refractivity contribution in [3.8, 4) is 0 Å². The number of esters is 1. The number of carbonyl (C=O) groups excluding carboxylic acids is 1. The topological polar surface area (TPSA) is 53.9 Å². The van der Waals surface area contributed by atoms with Crippen LogP contribution in [0.3, 0.4) is 0 Å². The molecule has 1 N–H and O–H groups in total. The second-order valence-corrected chi connectivity index (χ2v) is 7.51. The molecule has 30 heavy (non-hydrogen) atoms. The van der Waals surface area contributed by atoms with Crippen molar-refractivity contribution in [3.63, 3.8) is 0 Å². The van der Waals surface area contributed by atoms with Crippen molar-refractivity contribution >= 4 is 11.7 Å². The first-order valence-electron chi connectivity index (χ1n) is 10.7. The van der Waals surface area contributed by atoms with Crippen LogP contribution >= 0.6 is 0 Å². The van der Waals surface area contributed by atoms with Gasteiger partial charge in [0.25, 0.3) is 0 Å². The number of carbonyl (C=O) groups is 1. The van der Waals surface area contributed by atoms with E-state index in [4.69, 9.17) is 9.73 Å². The van der Waals surface area contributed by atoms with Crippen molar-refractivity contribution < 1.29 is 9.53 Å². The summed E-state index contributed by atoms with van der Waals surface area (Å²) in [5, 5.41) is 2.03. The molecule has 1 unspecified atom stereocenters. The predicted molar refractivity (Wildman–Crippen MR) is 121 cm³/mol. The molecule has 0 saturated heterocycles. The number of hydrogen-bond acceptors (Lipinski definition) is 5. The molecule has 0 spiro atoms. The molecule has 1 heterocycles. The third kappa shape index (κ3) is 5.36. The molecule has 3 rings (SSSR count). The second kappa shape index (κ2) is 10.7. The third-order valence-corrected chi connectivity index (χ3v) is 5.19. The van der Waals surface area contributed by atoms with Crippen LogP contribution in [0.1, 0.15) is 68.5 Å². The van der Waals surface area contributed by atoms with E-state index in [1.807, 2.05) is 55.3 Å². The zero-order chi connectivity index (χ0) is 21.3. The molecule has 2 aromatic rings. The Balaban J connectivity index is 1.83. The summed E-state index contributed by atoms with van der Waals surface area (Å²) >= 11 is 0. The fraction of sp³-hybridized carbons (Fsp3) is 0.360. The Morgan fingerprint density at radius 1 is 1.00 bits per heavy atom. The van der Waals surface area contributed by atoms with Crippen LogP contribution in [0, 0.1) is 0 Å². The lowest BCUT2D eigenvalue weighted by atomic mass is 10.1. The molecule has 5 heteroatoms. The van der Waals surface area contributed by atoms with Crippen molar-refractivity contribution in [2.75, 3.05) is 6.54 Å². The van der Waals surface area contributed by atoms with E-state index < -0.39 is 0 Å². The fourth-order valence-electron chi connectivity index (χ4n) is 3.53. The molecule has 0 fully saturated rings. The minimum atomic E-state index is -0.374. The highest BCUT2D eigenvalue weighted by atomic mass is 16.5. The van der Waals surface area contributed by atoms with Crippen molar-refractivity contribution in [1.29, 1.82) is 0 Å². The second-order valence-electron chi connectivity index (χ2n) is 7.51. The summed E-state index contributed by atoms with van der Waals surface area (Å²) in [5.74, 6) is 0.137. The van der Waals surface area contributed by atoms with Gasteiger partial charge in [0.05, 0.1) is 17.0 Å².